The zero-order chi connectivity index (χ0) is 14.5. The number of nitrogens with one attached hydrogen (secondary N) is 1. The summed E-state index contributed by atoms with van der Waals surface area (Å²) < 4.78 is 12.2. The van der Waals surface area contributed by atoms with E-state index in [2.05, 4.69) is 39.1 Å². The van der Waals surface area contributed by atoms with Crippen LogP contribution in [0, 0.1) is 0 Å². The van der Waals surface area contributed by atoms with E-state index in [-0.39, 0.29) is 18.3 Å². The van der Waals surface area contributed by atoms with Crippen molar-refractivity contribution in [1.29, 1.82) is 0 Å². The zero-order valence-corrected chi connectivity index (χ0v) is 13.3. The molecule has 0 amide bonds. The van der Waals surface area contributed by atoms with Gasteiger partial charge in [0.2, 0.25) is 0 Å². The van der Waals surface area contributed by atoms with E-state index < -0.39 is 0 Å². The van der Waals surface area contributed by atoms with Gasteiger partial charge in [-0.1, -0.05) is 17.7 Å². The lowest BCUT2D eigenvalue weighted by Crippen LogP contribution is -2.41. The van der Waals surface area contributed by atoms with Crippen LogP contribution in [0.4, 0.5) is 0 Å². The molecule has 1 aromatic rings. The molecule has 2 aliphatic heterocycles. The molecular weight excluding hydrogens is 272 g/mol. The molecule has 0 radical (unpaired) electrons. The molecule has 2 aliphatic rings. The monoisotopic (exact) mass is 293 g/mol. The van der Waals surface area contributed by atoms with Gasteiger partial charge in [-0.15, -0.1) is 0 Å². The Hall–Kier alpha value is -0.545. The maximum atomic E-state index is 6.26. The van der Waals surface area contributed by atoms with Crippen molar-refractivity contribution >= 4 is 24.2 Å². The highest BCUT2D eigenvalue weighted by Crippen LogP contribution is 2.36. The average molecular weight is 294 g/mol. The fourth-order valence-electron chi connectivity index (χ4n) is 2.51. The second kappa shape index (κ2) is 4.74. The van der Waals surface area contributed by atoms with E-state index in [1.54, 1.807) is 0 Å². The van der Waals surface area contributed by atoms with Gasteiger partial charge in [0, 0.05) is 24.0 Å². The van der Waals surface area contributed by atoms with E-state index in [4.69, 9.17) is 20.9 Å². The zero-order valence-electron chi connectivity index (χ0n) is 12.5. The van der Waals surface area contributed by atoms with Gasteiger partial charge in [0.15, 0.2) is 0 Å². The molecule has 1 aromatic carbocycles. The molecule has 0 aliphatic carbocycles. The van der Waals surface area contributed by atoms with Crippen molar-refractivity contribution in [1.82, 2.24) is 5.32 Å². The van der Waals surface area contributed by atoms with Crippen LogP contribution in [0.5, 0.6) is 0 Å². The Bertz CT molecular complexity index is 513. The predicted octanol–water partition coefficient (Wildman–Crippen LogP) is 2.33. The average Bonchev–Trinajstić information content (AvgIpc) is 2.45. The molecule has 3 nitrogen and oxygen atoms in total. The van der Waals surface area contributed by atoms with E-state index in [1.165, 1.54) is 5.56 Å². The molecule has 0 atom stereocenters. The molecule has 0 saturated carbocycles. The molecule has 108 valence electrons. The van der Waals surface area contributed by atoms with Crippen LogP contribution in [0.2, 0.25) is 5.02 Å². The summed E-state index contributed by atoms with van der Waals surface area (Å²) in [5, 5.41) is 4.04. The molecule has 2 heterocycles. The SMILES string of the molecule is CC1(C)OB(c2cc(Cl)cc(C3CNC3)c2)OC1(C)C. The summed E-state index contributed by atoms with van der Waals surface area (Å²) in [6.07, 6.45) is 0. The third-order valence-corrected chi connectivity index (χ3v) is 4.94. The number of rotatable bonds is 2. The Balaban J connectivity index is 1.89. The minimum absolute atomic E-state index is 0.321. The maximum Gasteiger partial charge on any atom is 0.494 e. The first-order valence-electron chi connectivity index (χ1n) is 7.15. The summed E-state index contributed by atoms with van der Waals surface area (Å²) in [5.41, 5.74) is 1.63. The van der Waals surface area contributed by atoms with Gasteiger partial charge in [0.1, 0.15) is 0 Å². The lowest BCUT2D eigenvalue weighted by molar-refractivity contribution is 0.00578. The number of halogens is 1. The van der Waals surface area contributed by atoms with E-state index in [9.17, 15) is 0 Å². The van der Waals surface area contributed by atoms with Crippen LogP contribution in [-0.4, -0.2) is 31.4 Å². The lowest BCUT2D eigenvalue weighted by atomic mass is 9.77. The minimum atomic E-state index is -0.342. The maximum absolute atomic E-state index is 6.26. The van der Waals surface area contributed by atoms with Crippen LogP contribution in [0.25, 0.3) is 0 Å². The van der Waals surface area contributed by atoms with E-state index in [0.717, 1.165) is 23.6 Å². The standard InChI is InChI=1S/C15H21BClNO2/c1-14(2)15(3,4)20-16(19-14)12-5-10(6-13(17)7-12)11-8-18-9-11/h5-7,11,18H,8-9H2,1-4H3. The Morgan fingerprint density at radius 3 is 2.20 bits per heavy atom. The van der Waals surface area contributed by atoms with E-state index in [0.29, 0.717) is 5.92 Å². The van der Waals surface area contributed by atoms with Crippen molar-refractivity contribution in [2.45, 2.75) is 44.8 Å². The quantitative estimate of drug-likeness (QED) is 0.849. The molecule has 0 spiro atoms. The van der Waals surface area contributed by atoms with Gasteiger partial charge in [0.05, 0.1) is 11.2 Å². The second-order valence-corrected chi connectivity index (χ2v) is 7.20. The highest BCUT2D eigenvalue weighted by molar-refractivity contribution is 6.62. The first-order valence-corrected chi connectivity index (χ1v) is 7.53. The molecule has 2 saturated heterocycles. The van der Waals surface area contributed by atoms with Crippen molar-refractivity contribution in [3.63, 3.8) is 0 Å². The molecular formula is C15H21BClNO2. The molecule has 0 bridgehead atoms. The van der Waals surface area contributed by atoms with Crippen LogP contribution < -0.4 is 10.8 Å². The third kappa shape index (κ3) is 2.39. The number of hydrogen-bond donors (Lipinski definition) is 1. The van der Waals surface area contributed by atoms with Gasteiger partial charge in [-0.3, -0.25) is 0 Å². The van der Waals surface area contributed by atoms with E-state index in [1.807, 2.05) is 12.1 Å². The fraction of sp³-hybridized carbons (Fsp3) is 0.600. The minimum Gasteiger partial charge on any atom is -0.399 e. The van der Waals surface area contributed by atoms with E-state index >= 15 is 0 Å². The summed E-state index contributed by atoms with van der Waals surface area (Å²) in [6.45, 7) is 10.3. The normalized spacial score (nSPS) is 24.8. The van der Waals surface area contributed by atoms with Gasteiger partial charge >= 0.3 is 7.12 Å². The van der Waals surface area contributed by atoms with Crippen molar-refractivity contribution in [2.75, 3.05) is 13.1 Å². The summed E-state index contributed by atoms with van der Waals surface area (Å²) >= 11 is 6.26. The van der Waals surface area contributed by atoms with Crippen molar-refractivity contribution < 1.29 is 9.31 Å². The van der Waals surface area contributed by atoms with Crippen LogP contribution >= 0.6 is 11.6 Å². The van der Waals surface area contributed by atoms with Crippen molar-refractivity contribution in [2.24, 2.45) is 0 Å². The summed E-state index contributed by atoms with van der Waals surface area (Å²) in [5.74, 6) is 0.551. The van der Waals surface area contributed by atoms with Crippen LogP contribution in [-0.2, 0) is 9.31 Å². The lowest BCUT2D eigenvalue weighted by Gasteiger charge is -2.32. The molecule has 5 heteroatoms. The van der Waals surface area contributed by atoms with Gasteiger partial charge in [-0.2, -0.15) is 0 Å². The largest absolute Gasteiger partial charge is 0.494 e. The highest BCUT2D eigenvalue weighted by atomic mass is 35.5. The smallest absolute Gasteiger partial charge is 0.399 e. The molecule has 3 rings (SSSR count). The van der Waals surface area contributed by atoms with Gasteiger partial charge in [0.25, 0.3) is 0 Å². The Labute approximate surface area is 126 Å². The van der Waals surface area contributed by atoms with Crippen LogP contribution in [0.1, 0.15) is 39.2 Å². The van der Waals surface area contributed by atoms with Crippen molar-refractivity contribution in [3.05, 3.63) is 28.8 Å². The summed E-state index contributed by atoms with van der Waals surface area (Å²) in [6, 6.07) is 6.15. The Morgan fingerprint density at radius 2 is 1.70 bits per heavy atom. The molecule has 2 fully saturated rings. The predicted molar refractivity (Wildman–Crippen MR) is 82.8 cm³/mol. The summed E-state index contributed by atoms with van der Waals surface area (Å²) in [4.78, 5) is 0. The highest BCUT2D eigenvalue weighted by Gasteiger charge is 2.51. The van der Waals surface area contributed by atoms with Gasteiger partial charge in [-0.25, -0.2) is 0 Å². The molecule has 0 aromatic heterocycles. The Morgan fingerprint density at radius 1 is 1.10 bits per heavy atom. The van der Waals surface area contributed by atoms with Crippen molar-refractivity contribution in [3.8, 4) is 0 Å². The van der Waals surface area contributed by atoms with Gasteiger partial charge < -0.3 is 14.6 Å². The first-order chi connectivity index (χ1) is 9.28. The molecule has 20 heavy (non-hydrogen) atoms. The molecule has 0 unspecified atom stereocenters. The first kappa shape index (κ1) is 14.4. The fourth-order valence-corrected chi connectivity index (χ4v) is 2.76. The third-order valence-electron chi connectivity index (χ3n) is 4.72. The Kier molecular flexibility index (Phi) is 3.41. The summed E-state index contributed by atoms with van der Waals surface area (Å²) in [7, 11) is -0.342. The number of benzene rings is 1. The van der Waals surface area contributed by atoms with Crippen LogP contribution in [0.3, 0.4) is 0 Å². The topological polar surface area (TPSA) is 30.5 Å². The van der Waals surface area contributed by atoms with Gasteiger partial charge in [-0.05, 0) is 50.9 Å². The molecule has 1 N–H and O–H groups in total. The van der Waals surface area contributed by atoms with Crippen LogP contribution in [0.15, 0.2) is 18.2 Å². The second-order valence-electron chi connectivity index (χ2n) is 6.76. The number of hydrogen-bond acceptors (Lipinski definition) is 3.